The number of aliphatic carboxylic acids is 1. The molecule has 0 saturated carbocycles. The summed E-state index contributed by atoms with van der Waals surface area (Å²) < 4.78 is 41.1. The quantitative estimate of drug-likeness (QED) is 0.312. The first-order chi connectivity index (χ1) is 12.6. The zero-order valence-electron chi connectivity index (χ0n) is 13.9. The van der Waals surface area contributed by atoms with Gasteiger partial charge < -0.3 is 25.9 Å². The summed E-state index contributed by atoms with van der Waals surface area (Å²) in [5.41, 5.74) is 8.00. The Balaban J connectivity index is 2.03. The van der Waals surface area contributed by atoms with Gasteiger partial charge in [-0.2, -0.15) is 0 Å². The van der Waals surface area contributed by atoms with Gasteiger partial charge in [0.15, 0.2) is 5.70 Å². The summed E-state index contributed by atoms with van der Waals surface area (Å²) in [7, 11) is 0. The van der Waals surface area contributed by atoms with Crippen molar-refractivity contribution >= 4 is 35.0 Å². The number of benzene rings is 1. The van der Waals surface area contributed by atoms with E-state index in [-0.39, 0.29) is 21.7 Å². The number of carboxylic acids is 1. The lowest BCUT2D eigenvalue weighted by molar-refractivity contribution is -0.274. The van der Waals surface area contributed by atoms with E-state index in [0.29, 0.717) is 36.6 Å². The normalized spacial score (nSPS) is 16.7. The number of anilines is 1. The number of carboxylic acid groups (broad SMARTS) is 1. The SMILES string of the molecule is NN/C(C(=O)O)=C(\N)SC1CCN(c2cc(OC(F)(F)F)ccc2Cl)CC1. The molecule has 1 aromatic carbocycles. The van der Waals surface area contributed by atoms with Crippen molar-refractivity contribution in [1.29, 1.82) is 0 Å². The molecule has 7 nitrogen and oxygen atoms in total. The number of piperidine rings is 1. The van der Waals surface area contributed by atoms with E-state index in [1.165, 1.54) is 23.9 Å². The fourth-order valence-corrected chi connectivity index (χ4v) is 3.93. The standard InChI is InChI=1S/C15H18ClF3N4O3S/c16-10-2-1-8(26-15(17,18)19)7-11(10)23-5-3-9(4-6-23)27-13(20)12(22-21)14(24)25/h1-2,7,9,22H,3-6,20-21H2,(H,24,25)/b13-12+. The highest BCUT2D eigenvalue weighted by molar-refractivity contribution is 8.03. The molecule has 6 N–H and O–H groups in total. The number of nitrogens with one attached hydrogen (secondary N) is 1. The Labute approximate surface area is 162 Å². The lowest BCUT2D eigenvalue weighted by atomic mass is 10.1. The molecule has 1 heterocycles. The Morgan fingerprint density at radius 2 is 2.00 bits per heavy atom. The molecule has 0 bridgehead atoms. The van der Waals surface area contributed by atoms with Gasteiger partial charge in [0.25, 0.3) is 0 Å². The Morgan fingerprint density at radius 3 is 2.52 bits per heavy atom. The van der Waals surface area contributed by atoms with Gasteiger partial charge in [0, 0.05) is 24.4 Å². The number of alkyl halides is 3. The molecule has 1 saturated heterocycles. The number of hydrazine groups is 1. The van der Waals surface area contributed by atoms with Crippen molar-refractivity contribution in [3.8, 4) is 5.75 Å². The van der Waals surface area contributed by atoms with Gasteiger partial charge in [0.2, 0.25) is 0 Å². The maximum atomic E-state index is 12.4. The molecular formula is C15H18ClF3N4O3S. The Morgan fingerprint density at radius 1 is 1.37 bits per heavy atom. The monoisotopic (exact) mass is 426 g/mol. The zero-order chi connectivity index (χ0) is 20.2. The molecule has 0 aromatic heterocycles. The molecule has 0 atom stereocenters. The summed E-state index contributed by atoms with van der Waals surface area (Å²) in [6.45, 7) is 1.02. The number of nitrogens with zero attached hydrogens (tertiary/aromatic N) is 1. The van der Waals surface area contributed by atoms with Crippen LogP contribution in [0.3, 0.4) is 0 Å². The number of ether oxygens (including phenoxy) is 1. The Kier molecular flexibility index (Phi) is 6.95. The molecule has 0 radical (unpaired) electrons. The van der Waals surface area contributed by atoms with Gasteiger partial charge in [0.1, 0.15) is 5.75 Å². The van der Waals surface area contributed by atoms with E-state index in [1.807, 2.05) is 4.90 Å². The van der Waals surface area contributed by atoms with Gasteiger partial charge in [-0.1, -0.05) is 11.6 Å². The predicted octanol–water partition coefficient (Wildman–Crippen LogP) is 2.62. The predicted molar refractivity (Wildman–Crippen MR) is 97.1 cm³/mol. The van der Waals surface area contributed by atoms with Gasteiger partial charge >= 0.3 is 12.3 Å². The Hall–Kier alpha value is -1.98. The van der Waals surface area contributed by atoms with E-state index in [9.17, 15) is 18.0 Å². The lowest BCUT2D eigenvalue weighted by Gasteiger charge is -2.34. The average Bonchev–Trinajstić information content (AvgIpc) is 2.56. The van der Waals surface area contributed by atoms with Gasteiger partial charge in [-0.15, -0.1) is 24.9 Å². The molecular weight excluding hydrogens is 409 g/mol. The number of halogens is 4. The van der Waals surface area contributed by atoms with Crippen molar-refractivity contribution in [3.05, 3.63) is 33.9 Å². The first-order valence-corrected chi connectivity index (χ1v) is 9.03. The van der Waals surface area contributed by atoms with Crippen LogP contribution in [0.2, 0.25) is 5.02 Å². The van der Waals surface area contributed by atoms with E-state index in [0.717, 1.165) is 6.07 Å². The van der Waals surface area contributed by atoms with E-state index in [2.05, 4.69) is 10.2 Å². The smallest absolute Gasteiger partial charge is 0.476 e. The highest BCUT2D eigenvalue weighted by Crippen LogP contribution is 2.36. The summed E-state index contributed by atoms with van der Waals surface area (Å²) in [4.78, 5) is 12.9. The second-order valence-electron chi connectivity index (χ2n) is 5.65. The van der Waals surface area contributed by atoms with Crippen LogP contribution < -0.4 is 26.6 Å². The van der Waals surface area contributed by atoms with Crippen LogP contribution in [-0.2, 0) is 4.79 Å². The molecule has 1 aliphatic heterocycles. The topological polar surface area (TPSA) is 114 Å². The molecule has 0 aliphatic carbocycles. The number of carbonyl (C=O) groups is 1. The van der Waals surface area contributed by atoms with Crippen molar-refractivity contribution in [2.45, 2.75) is 24.5 Å². The molecule has 150 valence electrons. The van der Waals surface area contributed by atoms with Gasteiger partial charge in [0.05, 0.1) is 15.7 Å². The molecule has 12 heteroatoms. The second-order valence-corrected chi connectivity index (χ2v) is 7.40. The minimum atomic E-state index is -4.78. The third kappa shape index (κ3) is 6.01. The van der Waals surface area contributed by atoms with Crippen molar-refractivity contribution < 1.29 is 27.8 Å². The van der Waals surface area contributed by atoms with Crippen LogP contribution in [0, 0.1) is 0 Å². The van der Waals surface area contributed by atoms with Crippen LogP contribution in [0.1, 0.15) is 12.8 Å². The van der Waals surface area contributed by atoms with Crippen LogP contribution in [0.5, 0.6) is 5.75 Å². The second kappa shape index (κ2) is 8.81. The minimum absolute atomic E-state index is 0.0392. The summed E-state index contributed by atoms with van der Waals surface area (Å²) in [6, 6.07) is 3.75. The number of hydrogen-bond donors (Lipinski definition) is 4. The molecule has 1 aliphatic rings. The third-order valence-electron chi connectivity index (χ3n) is 3.83. The summed E-state index contributed by atoms with van der Waals surface area (Å²) >= 11 is 7.31. The van der Waals surface area contributed by atoms with Crippen molar-refractivity contribution in [2.75, 3.05) is 18.0 Å². The van der Waals surface area contributed by atoms with Gasteiger partial charge in [-0.05, 0) is 25.0 Å². The fourth-order valence-electron chi connectivity index (χ4n) is 2.62. The number of thioether (sulfide) groups is 1. The Bertz CT molecular complexity index is 725. The minimum Gasteiger partial charge on any atom is -0.476 e. The van der Waals surface area contributed by atoms with Crippen LogP contribution in [0.4, 0.5) is 18.9 Å². The molecule has 0 amide bonds. The summed E-state index contributed by atoms with van der Waals surface area (Å²) in [5, 5.41) is 9.42. The first-order valence-electron chi connectivity index (χ1n) is 7.77. The van der Waals surface area contributed by atoms with Crippen molar-refractivity contribution in [1.82, 2.24) is 5.43 Å². The average molecular weight is 427 g/mol. The maximum absolute atomic E-state index is 12.4. The van der Waals surface area contributed by atoms with Crippen LogP contribution in [-0.4, -0.2) is 35.8 Å². The molecule has 2 rings (SSSR count). The van der Waals surface area contributed by atoms with E-state index >= 15 is 0 Å². The fraction of sp³-hybridized carbons (Fsp3) is 0.400. The lowest BCUT2D eigenvalue weighted by Crippen LogP contribution is -2.36. The highest BCUT2D eigenvalue weighted by Gasteiger charge is 2.32. The first kappa shape index (κ1) is 21.3. The van der Waals surface area contributed by atoms with E-state index < -0.39 is 12.3 Å². The van der Waals surface area contributed by atoms with Crippen molar-refractivity contribution in [3.63, 3.8) is 0 Å². The number of hydrogen-bond acceptors (Lipinski definition) is 7. The maximum Gasteiger partial charge on any atom is 0.573 e. The molecule has 0 spiro atoms. The van der Waals surface area contributed by atoms with Crippen LogP contribution in [0.15, 0.2) is 28.9 Å². The molecule has 27 heavy (non-hydrogen) atoms. The summed E-state index contributed by atoms with van der Waals surface area (Å²) in [6.07, 6.45) is -3.52. The number of nitrogens with two attached hydrogens (primary N) is 2. The van der Waals surface area contributed by atoms with Crippen molar-refractivity contribution in [2.24, 2.45) is 11.6 Å². The van der Waals surface area contributed by atoms with E-state index in [1.54, 1.807) is 0 Å². The van der Waals surface area contributed by atoms with Gasteiger partial charge in [-0.25, -0.2) is 4.79 Å². The van der Waals surface area contributed by atoms with Crippen LogP contribution in [0.25, 0.3) is 0 Å². The molecule has 0 unspecified atom stereocenters. The number of rotatable bonds is 6. The summed E-state index contributed by atoms with van der Waals surface area (Å²) in [5.74, 6) is 3.56. The third-order valence-corrected chi connectivity index (χ3v) is 5.41. The van der Waals surface area contributed by atoms with Gasteiger partial charge in [-0.3, -0.25) is 5.84 Å². The van der Waals surface area contributed by atoms with Crippen LogP contribution >= 0.6 is 23.4 Å². The molecule has 1 fully saturated rings. The highest BCUT2D eigenvalue weighted by atomic mass is 35.5. The molecule has 1 aromatic rings. The van der Waals surface area contributed by atoms with E-state index in [4.69, 9.17) is 28.3 Å². The zero-order valence-corrected chi connectivity index (χ0v) is 15.5. The largest absolute Gasteiger partial charge is 0.573 e.